The molecule has 0 bridgehead atoms. The Morgan fingerprint density at radius 2 is 1.88 bits per heavy atom. The second-order valence-electron chi connectivity index (χ2n) is 3.38. The molecule has 0 unspecified atom stereocenters. The van der Waals surface area contributed by atoms with Crippen molar-refractivity contribution in [3.63, 3.8) is 0 Å². The summed E-state index contributed by atoms with van der Waals surface area (Å²) in [6.07, 6.45) is 2.30. The van der Waals surface area contributed by atoms with Crippen molar-refractivity contribution in [2.24, 2.45) is 0 Å². The normalized spacial score (nSPS) is 11.6. The monoisotopic (exact) mass is 238 g/mol. The lowest BCUT2D eigenvalue weighted by molar-refractivity contribution is 0.483. The Morgan fingerprint density at radius 3 is 2.38 bits per heavy atom. The first kappa shape index (κ1) is 10.8. The van der Waals surface area contributed by atoms with Crippen LogP contribution in [0.15, 0.2) is 41.4 Å². The molecule has 2 aromatic rings. The number of nitrogens with zero attached hydrogens (tertiary/aromatic N) is 1. The first-order valence-corrected chi connectivity index (χ1v) is 6.04. The fourth-order valence-corrected chi connectivity index (χ4v) is 1.86. The highest BCUT2D eigenvalue weighted by atomic mass is 32.2. The van der Waals surface area contributed by atoms with E-state index in [0.29, 0.717) is 6.42 Å². The number of rotatable bonds is 3. The zero-order chi connectivity index (χ0) is 11.6. The van der Waals surface area contributed by atoms with Crippen LogP contribution in [0, 0.1) is 0 Å². The summed E-state index contributed by atoms with van der Waals surface area (Å²) in [7, 11) is -4.10. The first-order valence-electron chi connectivity index (χ1n) is 4.60. The molecule has 0 amide bonds. The van der Waals surface area contributed by atoms with Crippen molar-refractivity contribution in [2.45, 2.75) is 11.3 Å². The van der Waals surface area contributed by atoms with E-state index in [-0.39, 0.29) is 4.90 Å². The molecule has 0 fully saturated rings. The van der Waals surface area contributed by atoms with Gasteiger partial charge in [-0.25, -0.2) is 0 Å². The Kier molecular flexibility index (Phi) is 2.76. The number of nitrogens with one attached hydrogen (secondary N) is 1. The molecule has 0 aliphatic carbocycles. The van der Waals surface area contributed by atoms with E-state index in [1.54, 1.807) is 18.3 Å². The van der Waals surface area contributed by atoms with Crippen LogP contribution >= 0.6 is 0 Å². The van der Waals surface area contributed by atoms with Gasteiger partial charge in [0, 0.05) is 18.3 Å². The molecule has 0 aliphatic rings. The quantitative estimate of drug-likeness (QED) is 0.788. The van der Waals surface area contributed by atoms with E-state index in [2.05, 4.69) is 10.2 Å². The van der Waals surface area contributed by atoms with E-state index < -0.39 is 10.1 Å². The van der Waals surface area contributed by atoms with Crippen LogP contribution < -0.4 is 0 Å². The molecule has 1 aromatic carbocycles. The summed E-state index contributed by atoms with van der Waals surface area (Å²) in [5.74, 6) is 0. The van der Waals surface area contributed by atoms with Crippen LogP contribution in [0.1, 0.15) is 11.3 Å². The van der Waals surface area contributed by atoms with Crippen LogP contribution in [-0.4, -0.2) is 23.2 Å². The molecular formula is C10H10N2O3S. The lowest BCUT2D eigenvalue weighted by Crippen LogP contribution is -1.98. The fourth-order valence-electron chi connectivity index (χ4n) is 1.38. The Bertz CT molecular complexity index is 559. The topological polar surface area (TPSA) is 83.1 Å². The largest absolute Gasteiger partial charge is 0.294 e. The highest BCUT2D eigenvalue weighted by Crippen LogP contribution is 2.12. The minimum Gasteiger partial charge on any atom is -0.282 e. The molecule has 2 rings (SSSR count). The summed E-state index contributed by atoms with van der Waals surface area (Å²) >= 11 is 0. The molecule has 0 saturated carbocycles. The minimum atomic E-state index is -4.10. The van der Waals surface area contributed by atoms with E-state index in [1.165, 1.54) is 12.1 Å². The van der Waals surface area contributed by atoms with Gasteiger partial charge < -0.3 is 0 Å². The Hall–Kier alpha value is -1.66. The highest BCUT2D eigenvalue weighted by Gasteiger charge is 2.08. The predicted molar refractivity (Wildman–Crippen MR) is 57.7 cm³/mol. The van der Waals surface area contributed by atoms with Crippen molar-refractivity contribution in [2.75, 3.05) is 0 Å². The Balaban J connectivity index is 2.20. The number of H-pyrrole nitrogens is 1. The summed E-state index contributed by atoms with van der Waals surface area (Å²) in [6.45, 7) is 0. The van der Waals surface area contributed by atoms with Gasteiger partial charge in [-0.05, 0) is 23.8 Å². The maximum absolute atomic E-state index is 10.8. The van der Waals surface area contributed by atoms with E-state index in [0.717, 1.165) is 11.3 Å². The van der Waals surface area contributed by atoms with Crippen molar-refractivity contribution in [1.82, 2.24) is 10.2 Å². The third-order valence-corrected chi connectivity index (χ3v) is 3.04. The van der Waals surface area contributed by atoms with Crippen LogP contribution in [0.4, 0.5) is 0 Å². The molecule has 6 heteroatoms. The number of hydrogen-bond acceptors (Lipinski definition) is 3. The molecule has 16 heavy (non-hydrogen) atoms. The van der Waals surface area contributed by atoms with Gasteiger partial charge >= 0.3 is 0 Å². The van der Waals surface area contributed by atoms with E-state index in [4.69, 9.17) is 4.55 Å². The third-order valence-electron chi connectivity index (χ3n) is 2.17. The van der Waals surface area contributed by atoms with Gasteiger partial charge in [-0.1, -0.05) is 12.1 Å². The average Bonchev–Trinajstić information content (AvgIpc) is 2.70. The molecule has 5 nitrogen and oxygen atoms in total. The molecule has 0 saturated heterocycles. The van der Waals surface area contributed by atoms with Gasteiger partial charge in [-0.15, -0.1) is 0 Å². The lowest BCUT2D eigenvalue weighted by Gasteiger charge is -2.00. The minimum absolute atomic E-state index is 0.0964. The molecule has 0 atom stereocenters. The van der Waals surface area contributed by atoms with Gasteiger partial charge in [0.2, 0.25) is 0 Å². The maximum atomic E-state index is 10.8. The third kappa shape index (κ3) is 2.47. The molecule has 0 spiro atoms. The molecule has 84 valence electrons. The second kappa shape index (κ2) is 4.07. The smallest absolute Gasteiger partial charge is 0.282 e. The summed E-state index contributed by atoms with van der Waals surface area (Å²) < 4.78 is 30.4. The lowest BCUT2D eigenvalue weighted by atomic mass is 10.1. The van der Waals surface area contributed by atoms with Gasteiger partial charge in [0.1, 0.15) is 0 Å². The van der Waals surface area contributed by atoms with Crippen LogP contribution in [0.5, 0.6) is 0 Å². The molecule has 2 N–H and O–H groups in total. The van der Waals surface area contributed by atoms with Gasteiger partial charge in [-0.2, -0.15) is 13.5 Å². The maximum Gasteiger partial charge on any atom is 0.294 e. The Labute approximate surface area is 92.9 Å². The fraction of sp³-hybridized carbons (Fsp3) is 0.100. The van der Waals surface area contributed by atoms with Crippen molar-refractivity contribution in [3.8, 4) is 0 Å². The predicted octanol–water partition coefficient (Wildman–Crippen LogP) is 1.25. The van der Waals surface area contributed by atoms with E-state index in [9.17, 15) is 8.42 Å². The summed E-state index contributed by atoms with van der Waals surface area (Å²) in [5.41, 5.74) is 1.89. The van der Waals surface area contributed by atoms with E-state index >= 15 is 0 Å². The number of hydrogen-bond donors (Lipinski definition) is 2. The van der Waals surface area contributed by atoms with Gasteiger partial charge in [0.25, 0.3) is 10.1 Å². The van der Waals surface area contributed by atoms with Gasteiger partial charge in [0.05, 0.1) is 4.90 Å². The van der Waals surface area contributed by atoms with Crippen LogP contribution in [0.25, 0.3) is 0 Å². The zero-order valence-electron chi connectivity index (χ0n) is 8.29. The molecule has 1 heterocycles. The summed E-state index contributed by atoms with van der Waals surface area (Å²) in [5, 5.41) is 6.63. The Morgan fingerprint density at radius 1 is 1.19 bits per heavy atom. The molecule has 1 aromatic heterocycles. The number of aromatic nitrogens is 2. The number of benzene rings is 1. The molecular weight excluding hydrogens is 228 g/mol. The van der Waals surface area contributed by atoms with Gasteiger partial charge in [-0.3, -0.25) is 9.65 Å². The standard InChI is InChI=1S/C10H10N2O3S/c13-16(14,15)10-3-1-8(2-4-10)7-9-5-6-11-12-9/h1-6H,7H2,(H,11,12)(H,13,14,15). The second-order valence-corrected chi connectivity index (χ2v) is 4.80. The summed E-state index contributed by atoms with van der Waals surface area (Å²) in [6, 6.07) is 7.91. The van der Waals surface area contributed by atoms with Crippen LogP contribution in [0.2, 0.25) is 0 Å². The average molecular weight is 238 g/mol. The zero-order valence-corrected chi connectivity index (χ0v) is 9.11. The van der Waals surface area contributed by atoms with Crippen molar-refractivity contribution in [3.05, 3.63) is 47.8 Å². The van der Waals surface area contributed by atoms with Crippen molar-refractivity contribution in [1.29, 1.82) is 0 Å². The van der Waals surface area contributed by atoms with Crippen LogP contribution in [-0.2, 0) is 16.5 Å². The summed E-state index contributed by atoms with van der Waals surface area (Å²) in [4.78, 5) is -0.0964. The van der Waals surface area contributed by atoms with Crippen molar-refractivity contribution < 1.29 is 13.0 Å². The SMILES string of the molecule is O=S(=O)(O)c1ccc(Cc2ccn[nH]2)cc1. The first-order chi connectivity index (χ1) is 7.55. The molecule has 0 aliphatic heterocycles. The van der Waals surface area contributed by atoms with Gasteiger partial charge in [0.15, 0.2) is 0 Å². The van der Waals surface area contributed by atoms with E-state index in [1.807, 2.05) is 6.07 Å². The van der Waals surface area contributed by atoms with Crippen molar-refractivity contribution >= 4 is 10.1 Å². The highest BCUT2D eigenvalue weighted by molar-refractivity contribution is 7.85. The number of aromatic amines is 1. The van der Waals surface area contributed by atoms with Crippen LogP contribution in [0.3, 0.4) is 0 Å². The molecule has 0 radical (unpaired) electrons.